The molecule has 2 aromatic carbocycles. The second-order valence-corrected chi connectivity index (χ2v) is 7.52. The van der Waals surface area contributed by atoms with E-state index in [1.807, 2.05) is 30.3 Å². The van der Waals surface area contributed by atoms with E-state index < -0.39 is 17.9 Å². The van der Waals surface area contributed by atoms with E-state index in [1.54, 1.807) is 39.0 Å². The van der Waals surface area contributed by atoms with Gasteiger partial charge in [0, 0.05) is 9.13 Å². The first-order valence-corrected chi connectivity index (χ1v) is 8.61. The highest BCUT2D eigenvalue weighted by Crippen LogP contribution is 2.26. The molecule has 3 N–H and O–H groups in total. The molecule has 1 atom stereocenters. The molecule has 6 heteroatoms. The number of rotatable bonds is 4. The van der Waals surface area contributed by atoms with Crippen LogP contribution in [0.4, 0.5) is 16.2 Å². The monoisotopic (exact) mass is 440 g/mol. The minimum absolute atomic E-state index is 0.538. The van der Waals surface area contributed by atoms with Crippen LogP contribution in [0.1, 0.15) is 32.6 Å². The second kappa shape index (κ2) is 7.85. The van der Waals surface area contributed by atoms with Gasteiger partial charge in [0.1, 0.15) is 5.60 Å². The summed E-state index contributed by atoms with van der Waals surface area (Å²) in [6, 6.07) is 14.7. The molecule has 5 nitrogen and oxygen atoms in total. The lowest BCUT2D eigenvalue weighted by atomic mass is 10.2. The van der Waals surface area contributed by atoms with Gasteiger partial charge in [-0.05, 0) is 67.6 Å². The largest absolute Gasteiger partial charge is 0.444 e. The van der Waals surface area contributed by atoms with E-state index >= 15 is 0 Å². The molecule has 2 rings (SSSR count). The van der Waals surface area contributed by atoms with Crippen LogP contribution in [-0.2, 0) is 4.74 Å². The summed E-state index contributed by atoms with van der Waals surface area (Å²) in [5, 5.41) is 16.0. The van der Waals surface area contributed by atoms with E-state index in [0.29, 0.717) is 11.4 Å². The summed E-state index contributed by atoms with van der Waals surface area (Å²) in [7, 11) is 0. The van der Waals surface area contributed by atoms with Crippen molar-refractivity contribution in [2.45, 2.75) is 32.6 Å². The number of hydrogen-bond donors (Lipinski definition) is 3. The predicted molar refractivity (Wildman–Crippen MR) is 104 cm³/mol. The van der Waals surface area contributed by atoms with Crippen LogP contribution < -0.4 is 10.6 Å². The zero-order valence-electron chi connectivity index (χ0n) is 13.8. The van der Waals surface area contributed by atoms with Crippen LogP contribution in [0.25, 0.3) is 0 Å². The molecule has 0 radical (unpaired) electrons. The number of carbonyl (C=O) groups excluding carboxylic acids is 1. The van der Waals surface area contributed by atoms with Crippen LogP contribution in [0.5, 0.6) is 0 Å². The Morgan fingerprint density at radius 3 is 2.25 bits per heavy atom. The molecule has 0 fully saturated rings. The molecule has 0 aliphatic carbocycles. The van der Waals surface area contributed by atoms with Crippen molar-refractivity contribution in [2.75, 3.05) is 10.6 Å². The van der Waals surface area contributed by atoms with Crippen molar-refractivity contribution in [3.63, 3.8) is 0 Å². The summed E-state index contributed by atoms with van der Waals surface area (Å²) in [4.78, 5) is 11.9. The molecule has 24 heavy (non-hydrogen) atoms. The second-order valence-electron chi connectivity index (χ2n) is 6.27. The first kappa shape index (κ1) is 18.5. The lowest BCUT2D eigenvalue weighted by molar-refractivity contribution is 0.0636. The van der Waals surface area contributed by atoms with E-state index in [0.717, 1.165) is 9.13 Å². The first-order valence-electron chi connectivity index (χ1n) is 7.54. The van der Waals surface area contributed by atoms with Gasteiger partial charge in [0.05, 0.1) is 11.4 Å². The van der Waals surface area contributed by atoms with Gasteiger partial charge in [-0.15, -0.1) is 0 Å². The Bertz CT molecular complexity index is 696. The molecule has 0 saturated heterocycles. The molecular formula is C18H21IN2O3. The molecule has 0 aliphatic heterocycles. The lowest BCUT2D eigenvalue weighted by Crippen LogP contribution is -2.27. The fourth-order valence-electron chi connectivity index (χ4n) is 2.01. The summed E-state index contributed by atoms with van der Waals surface area (Å²) in [5.41, 5.74) is 1.31. The SMILES string of the molecule is CC(C)(C)OC(=O)Nc1ccccc1NC(O)c1ccc(I)cc1. The molecule has 0 bridgehead atoms. The maximum Gasteiger partial charge on any atom is 0.412 e. The Morgan fingerprint density at radius 2 is 1.67 bits per heavy atom. The molecular weight excluding hydrogens is 419 g/mol. The molecule has 1 amide bonds. The highest BCUT2D eigenvalue weighted by molar-refractivity contribution is 14.1. The van der Waals surface area contributed by atoms with Crippen LogP contribution in [0.15, 0.2) is 48.5 Å². The van der Waals surface area contributed by atoms with Crippen LogP contribution in [0, 0.1) is 3.57 Å². The Balaban J connectivity index is 2.11. The van der Waals surface area contributed by atoms with Crippen molar-refractivity contribution in [3.8, 4) is 0 Å². The number of nitrogens with one attached hydrogen (secondary N) is 2. The zero-order chi connectivity index (χ0) is 17.7. The third kappa shape index (κ3) is 5.68. The van der Waals surface area contributed by atoms with E-state index in [2.05, 4.69) is 33.2 Å². The number of benzene rings is 2. The normalized spacial score (nSPS) is 12.4. The number of amides is 1. The van der Waals surface area contributed by atoms with E-state index in [4.69, 9.17) is 4.74 Å². The topological polar surface area (TPSA) is 70.6 Å². The van der Waals surface area contributed by atoms with Gasteiger partial charge in [-0.2, -0.15) is 0 Å². The summed E-state index contributed by atoms with van der Waals surface area (Å²) in [6.07, 6.45) is -1.43. The van der Waals surface area contributed by atoms with Crippen molar-refractivity contribution in [1.29, 1.82) is 0 Å². The Hall–Kier alpha value is -1.80. The Morgan fingerprint density at radius 1 is 1.08 bits per heavy atom. The van der Waals surface area contributed by atoms with Crippen LogP contribution >= 0.6 is 22.6 Å². The number of anilines is 2. The van der Waals surface area contributed by atoms with Crippen molar-refractivity contribution >= 4 is 40.1 Å². The van der Waals surface area contributed by atoms with Gasteiger partial charge in [-0.25, -0.2) is 4.79 Å². The average Bonchev–Trinajstić information content (AvgIpc) is 2.48. The summed E-state index contributed by atoms with van der Waals surface area (Å²) in [5.74, 6) is 0. The van der Waals surface area contributed by atoms with Gasteiger partial charge in [0.25, 0.3) is 0 Å². The van der Waals surface area contributed by atoms with E-state index in [9.17, 15) is 9.90 Å². The molecule has 1 unspecified atom stereocenters. The number of aliphatic hydroxyl groups excluding tert-OH is 1. The van der Waals surface area contributed by atoms with Gasteiger partial charge in [0.2, 0.25) is 0 Å². The van der Waals surface area contributed by atoms with Crippen molar-refractivity contribution in [1.82, 2.24) is 0 Å². The number of halogens is 1. The molecule has 0 aliphatic rings. The van der Waals surface area contributed by atoms with Crippen molar-refractivity contribution < 1.29 is 14.6 Å². The molecule has 2 aromatic rings. The van der Waals surface area contributed by atoms with Crippen LogP contribution in [0.2, 0.25) is 0 Å². The van der Waals surface area contributed by atoms with Gasteiger partial charge >= 0.3 is 6.09 Å². The van der Waals surface area contributed by atoms with E-state index in [-0.39, 0.29) is 0 Å². The summed E-state index contributed by atoms with van der Waals surface area (Å²) < 4.78 is 6.35. The fraction of sp³-hybridized carbons (Fsp3) is 0.278. The minimum Gasteiger partial charge on any atom is -0.444 e. The Labute approximate surface area is 155 Å². The number of para-hydroxylation sites is 2. The Kier molecular flexibility index (Phi) is 6.06. The maximum atomic E-state index is 11.9. The number of ether oxygens (including phenoxy) is 1. The van der Waals surface area contributed by atoms with Crippen LogP contribution in [0.3, 0.4) is 0 Å². The van der Waals surface area contributed by atoms with E-state index in [1.165, 1.54) is 0 Å². The molecule has 0 spiro atoms. The lowest BCUT2D eigenvalue weighted by Gasteiger charge is -2.21. The molecule has 0 saturated carbocycles. The smallest absolute Gasteiger partial charge is 0.412 e. The number of aliphatic hydroxyl groups is 1. The number of carbonyl (C=O) groups is 1. The van der Waals surface area contributed by atoms with Gasteiger partial charge in [0.15, 0.2) is 6.23 Å². The third-order valence-corrected chi connectivity index (χ3v) is 3.76. The minimum atomic E-state index is -0.886. The number of hydrogen-bond acceptors (Lipinski definition) is 4. The third-order valence-electron chi connectivity index (χ3n) is 3.04. The summed E-state index contributed by atoms with van der Waals surface area (Å²) >= 11 is 2.21. The van der Waals surface area contributed by atoms with Crippen molar-refractivity contribution in [2.24, 2.45) is 0 Å². The molecule has 128 valence electrons. The summed E-state index contributed by atoms with van der Waals surface area (Å²) in [6.45, 7) is 5.41. The van der Waals surface area contributed by atoms with Gasteiger partial charge in [-0.1, -0.05) is 24.3 Å². The average molecular weight is 440 g/mol. The standard InChI is InChI=1S/C18H21IN2O3/c1-18(2,3)24-17(23)21-15-7-5-4-6-14(15)20-16(22)12-8-10-13(19)11-9-12/h4-11,16,20,22H,1-3H3,(H,21,23). The quantitative estimate of drug-likeness (QED) is 0.475. The molecule has 0 heterocycles. The van der Waals surface area contributed by atoms with Crippen LogP contribution in [-0.4, -0.2) is 16.8 Å². The first-order chi connectivity index (χ1) is 11.2. The molecule has 0 aromatic heterocycles. The fourth-order valence-corrected chi connectivity index (χ4v) is 2.37. The van der Waals surface area contributed by atoms with Crippen molar-refractivity contribution in [3.05, 3.63) is 57.7 Å². The van der Waals surface area contributed by atoms with Gasteiger partial charge in [-0.3, -0.25) is 5.32 Å². The predicted octanol–water partition coefficient (Wildman–Crippen LogP) is 4.74. The maximum absolute atomic E-state index is 11.9. The van der Waals surface area contributed by atoms with Gasteiger partial charge < -0.3 is 15.2 Å². The zero-order valence-corrected chi connectivity index (χ0v) is 16.0. The highest BCUT2D eigenvalue weighted by Gasteiger charge is 2.17. The highest BCUT2D eigenvalue weighted by atomic mass is 127.